The van der Waals surface area contributed by atoms with Gasteiger partial charge in [-0.2, -0.15) is 0 Å². The molecule has 0 fully saturated rings. The molecule has 22 heavy (non-hydrogen) atoms. The molecule has 3 nitrogen and oxygen atoms in total. The van der Waals surface area contributed by atoms with Crippen molar-refractivity contribution < 1.29 is 4.42 Å². The van der Waals surface area contributed by atoms with E-state index in [-0.39, 0.29) is 0 Å². The van der Waals surface area contributed by atoms with Gasteiger partial charge in [-0.3, -0.25) is 0 Å². The number of hydrogen-bond acceptors (Lipinski definition) is 3. The van der Waals surface area contributed by atoms with Gasteiger partial charge in [0.25, 0.3) is 0 Å². The van der Waals surface area contributed by atoms with Gasteiger partial charge in [0.2, 0.25) is 0 Å². The summed E-state index contributed by atoms with van der Waals surface area (Å²) in [5, 5.41) is 5.60. The summed E-state index contributed by atoms with van der Waals surface area (Å²) in [6.45, 7) is 0.742. The van der Waals surface area contributed by atoms with Gasteiger partial charge in [-0.05, 0) is 17.7 Å². The molecule has 0 atom stereocenters. The second kappa shape index (κ2) is 5.11. The molecule has 0 amide bonds. The van der Waals surface area contributed by atoms with Gasteiger partial charge in [0.1, 0.15) is 11.2 Å². The highest BCUT2D eigenvalue weighted by atomic mass is 16.3. The van der Waals surface area contributed by atoms with Crippen LogP contribution in [0.2, 0.25) is 0 Å². The van der Waals surface area contributed by atoms with E-state index in [0.29, 0.717) is 5.69 Å². The van der Waals surface area contributed by atoms with Crippen LogP contribution in [0.5, 0.6) is 0 Å². The SMILES string of the molecule is Nc1cc2oc3ccccc3c2cc1NCc1ccccc1. The molecule has 0 saturated carbocycles. The summed E-state index contributed by atoms with van der Waals surface area (Å²) in [6.07, 6.45) is 0. The Morgan fingerprint density at radius 1 is 0.818 bits per heavy atom. The Morgan fingerprint density at radius 2 is 1.59 bits per heavy atom. The zero-order valence-electron chi connectivity index (χ0n) is 12.0. The molecule has 1 heterocycles. The molecule has 3 aromatic carbocycles. The minimum Gasteiger partial charge on any atom is -0.456 e. The average Bonchev–Trinajstić information content (AvgIpc) is 2.91. The van der Waals surface area contributed by atoms with Crippen LogP contribution < -0.4 is 11.1 Å². The first kappa shape index (κ1) is 12.8. The van der Waals surface area contributed by atoms with Crippen molar-refractivity contribution in [1.29, 1.82) is 0 Å². The molecule has 0 spiro atoms. The van der Waals surface area contributed by atoms with Gasteiger partial charge in [0, 0.05) is 23.4 Å². The number of hydrogen-bond donors (Lipinski definition) is 2. The highest BCUT2D eigenvalue weighted by Gasteiger charge is 2.09. The average molecular weight is 288 g/mol. The lowest BCUT2D eigenvalue weighted by molar-refractivity contribution is 0.669. The Labute approximate surface area is 128 Å². The molecule has 0 radical (unpaired) electrons. The van der Waals surface area contributed by atoms with E-state index in [4.69, 9.17) is 10.2 Å². The predicted molar refractivity (Wildman–Crippen MR) is 91.9 cm³/mol. The van der Waals surface area contributed by atoms with Crippen molar-refractivity contribution in [2.45, 2.75) is 6.54 Å². The van der Waals surface area contributed by atoms with E-state index in [9.17, 15) is 0 Å². The van der Waals surface area contributed by atoms with Gasteiger partial charge < -0.3 is 15.5 Å². The van der Waals surface area contributed by atoms with Crippen LogP contribution in [0.25, 0.3) is 21.9 Å². The number of nitrogen functional groups attached to an aromatic ring is 1. The number of furan rings is 1. The maximum absolute atomic E-state index is 6.15. The molecule has 0 aliphatic rings. The van der Waals surface area contributed by atoms with Crippen LogP contribution in [0.1, 0.15) is 5.56 Å². The lowest BCUT2D eigenvalue weighted by Crippen LogP contribution is -2.02. The maximum atomic E-state index is 6.15. The van der Waals surface area contributed by atoms with E-state index >= 15 is 0 Å². The summed E-state index contributed by atoms with van der Waals surface area (Å²) in [4.78, 5) is 0. The fourth-order valence-electron chi connectivity index (χ4n) is 2.73. The summed E-state index contributed by atoms with van der Waals surface area (Å²) < 4.78 is 5.84. The Morgan fingerprint density at radius 3 is 2.45 bits per heavy atom. The topological polar surface area (TPSA) is 51.2 Å². The minimum atomic E-state index is 0.697. The Balaban J connectivity index is 1.74. The second-order valence-corrected chi connectivity index (χ2v) is 5.37. The molecule has 4 rings (SSSR count). The fraction of sp³-hybridized carbons (Fsp3) is 0.0526. The van der Waals surface area contributed by atoms with Crippen LogP contribution in [0.3, 0.4) is 0 Å². The number of fused-ring (bicyclic) bond motifs is 3. The molecule has 0 unspecified atom stereocenters. The first-order chi connectivity index (χ1) is 10.8. The molecule has 0 saturated heterocycles. The summed E-state index contributed by atoms with van der Waals surface area (Å²) in [6, 6.07) is 22.3. The molecule has 3 heteroatoms. The van der Waals surface area contributed by atoms with Gasteiger partial charge in [-0.1, -0.05) is 48.5 Å². The zero-order valence-corrected chi connectivity index (χ0v) is 12.0. The number of rotatable bonds is 3. The molecule has 0 bridgehead atoms. The largest absolute Gasteiger partial charge is 0.456 e. The number of para-hydroxylation sites is 1. The molecule has 0 aliphatic carbocycles. The van der Waals surface area contributed by atoms with Crippen molar-refractivity contribution in [2.75, 3.05) is 11.1 Å². The molecular weight excluding hydrogens is 272 g/mol. The zero-order chi connectivity index (χ0) is 14.9. The Hall–Kier alpha value is -2.94. The molecule has 3 N–H and O–H groups in total. The van der Waals surface area contributed by atoms with E-state index in [1.54, 1.807) is 0 Å². The van der Waals surface area contributed by atoms with Crippen LogP contribution in [0.4, 0.5) is 11.4 Å². The highest BCUT2D eigenvalue weighted by molar-refractivity contribution is 6.07. The van der Waals surface area contributed by atoms with E-state index in [1.165, 1.54) is 5.56 Å². The van der Waals surface area contributed by atoms with Gasteiger partial charge in [-0.25, -0.2) is 0 Å². The molecule has 4 aromatic rings. The van der Waals surface area contributed by atoms with Crippen LogP contribution in [0.15, 0.2) is 71.1 Å². The van der Waals surface area contributed by atoms with E-state index in [2.05, 4.69) is 29.6 Å². The van der Waals surface area contributed by atoms with Crippen LogP contribution in [-0.4, -0.2) is 0 Å². The standard InChI is InChI=1S/C19H16N2O/c20-16-11-19-15(14-8-4-5-9-18(14)22-19)10-17(16)21-12-13-6-2-1-3-7-13/h1-11,21H,12,20H2. The van der Waals surface area contributed by atoms with Crippen LogP contribution >= 0.6 is 0 Å². The minimum absolute atomic E-state index is 0.697. The number of anilines is 2. The quantitative estimate of drug-likeness (QED) is 0.533. The smallest absolute Gasteiger partial charge is 0.137 e. The fourth-order valence-corrected chi connectivity index (χ4v) is 2.73. The van der Waals surface area contributed by atoms with Crippen LogP contribution in [0, 0.1) is 0 Å². The monoisotopic (exact) mass is 288 g/mol. The maximum Gasteiger partial charge on any atom is 0.137 e. The predicted octanol–water partition coefficient (Wildman–Crippen LogP) is 4.78. The van der Waals surface area contributed by atoms with E-state index in [0.717, 1.165) is 34.2 Å². The first-order valence-corrected chi connectivity index (χ1v) is 7.30. The summed E-state index contributed by atoms with van der Waals surface area (Å²) in [5.41, 5.74) is 10.7. The number of benzene rings is 3. The third-order valence-corrected chi connectivity index (χ3v) is 3.87. The third kappa shape index (κ3) is 2.17. The third-order valence-electron chi connectivity index (χ3n) is 3.87. The Bertz CT molecular complexity index is 942. The van der Waals surface area contributed by atoms with Gasteiger partial charge in [0.05, 0.1) is 11.4 Å². The van der Waals surface area contributed by atoms with Crippen molar-refractivity contribution >= 4 is 33.3 Å². The van der Waals surface area contributed by atoms with Gasteiger partial charge in [-0.15, -0.1) is 0 Å². The van der Waals surface area contributed by atoms with E-state index < -0.39 is 0 Å². The van der Waals surface area contributed by atoms with E-state index in [1.807, 2.05) is 42.5 Å². The first-order valence-electron chi connectivity index (χ1n) is 7.30. The Kier molecular flexibility index (Phi) is 2.97. The lowest BCUT2D eigenvalue weighted by atomic mass is 10.1. The summed E-state index contributed by atoms with van der Waals surface area (Å²) >= 11 is 0. The number of nitrogens with two attached hydrogens (primary N) is 1. The molecule has 108 valence electrons. The van der Waals surface area contributed by atoms with Crippen molar-refractivity contribution in [3.63, 3.8) is 0 Å². The molecule has 1 aromatic heterocycles. The second-order valence-electron chi connectivity index (χ2n) is 5.37. The van der Waals surface area contributed by atoms with Crippen molar-refractivity contribution in [3.05, 3.63) is 72.3 Å². The van der Waals surface area contributed by atoms with Gasteiger partial charge >= 0.3 is 0 Å². The lowest BCUT2D eigenvalue weighted by Gasteiger charge is -2.09. The van der Waals surface area contributed by atoms with Crippen molar-refractivity contribution in [3.8, 4) is 0 Å². The van der Waals surface area contributed by atoms with Crippen LogP contribution in [-0.2, 0) is 6.54 Å². The van der Waals surface area contributed by atoms with Crippen molar-refractivity contribution in [2.24, 2.45) is 0 Å². The summed E-state index contributed by atoms with van der Waals surface area (Å²) in [5.74, 6) is 0. The molecule has 0 aliphatic heterocycles. The summed E-state index contributed by atoms with van der Waals surface area (Å²) in [7, 11) is 0. The van der Waals surface area contributed by atoms with Crippen molar-refractivity contribution in [1.82, 2.24) is 0 Å². The normalized spacial score (nSPS) is 11.1. The number of nitrogens with one attached hydrogen (secondary N) is 1. The molecular formula is C19H16N2O. The van der Waals surface area contributed by atoms with Gasteiger partial charge in [0.15, 0.2) is 0 Å². The highest BCUT2D eigenvalue weighted by Crippen LogP contribution is 2.34.